The van der Waals surface area contributed by atoms with Crippen molar-refractivity contribution in [3.05, 3.63) is 105 Å². The number of likely N-dealkylation sites (tertiary alicyclic amines) is 1. The Morgan fingerprint density at radius 3 is 2.35 bits per heavy atom. The summed E-state index contributed by atoms with van der Waals surface area (Å²) in [6.07, 6.45) is 8.96. The molecular weight excluding hydrogens is 584 g/mol. The number of thiophene rings is 1. The van der Waals surface area contributed by atoms with Crippen molar-refractivity contribution in [2.24, 2.45) is 0 Å². The second-order valence-corrected chi connectivity index (χ2v) is 12.3. The Morgan fingerprint density at radius 1 is 0.977 bits per heavy atom. The zero-order valence-electron chi connectivity index (χ0n) is 24.6. The molecular formula is C34H37ClN2O5S. The number of hydrogen-bond donors (Lipinski definition) is 1. The van der Waals surface area contributed by atoms with Gasteiger partial charge in [-0.05, 0) is 67.6 Å². The molecule has 9 heteroatoms. The molecule has 0 aliphatic carbocycles. The first-order valence-corrected chi connectivity index (χ1v) is 15.8. The Balaban J connectivity index is 1.63. The molecule has 3 heterocycles. The van der Waals surface area contributed by atoms with Crippen LogP contribution in [0.25, 0.3) is 10.1 Å². The fourth-order valence-corrected chi connectivity index (χ4v) is 7.20. The number of nitrogens with zero attached hydrogens (tertiary/aromatic N) is 2. The molecule has 7 nitrogen and oxygen atoms in total. The number of rotatable bonds is 10. The van der Waals surface area contributed by atoms with Gasteiger partial charge < -0.3 is 19.5 Å². The maximum atomic E-state index is 13.2. The molecule has 1 unspecified atom stereocenters. The van der Waals surface area contributed by atoms with Gasteiger partial charge in [-0.3, -0.25) is 4.90 Å². The molecule has 0 saturated carbocycles. The number of aliphatic hydroxyl groups excluding tert-OH is 1. The minimum absolute atomic E-state index is 0.00456. The maximum absolute atomic E-state index is 13.2. The largest absolute Gasteiger partial charge is 0.465 e. The summed E-state index contributed by atoms with van der Waals surface area (Å²) < 4.78 is 11.3. The Hall–Kier alpha value is -3.43. The van der Waals surface area contributed by atoms with Crippen molar-refractivity contribution < 1.29 is 24.2 Å². The maximum Gasteiger partial charge on any atom is 0.340 e. The third-order valence-electron chi connectivity index (χ3n) is 7.93. The second-order valence-electron chi connectivity index (χ2n) is 10.8. The topological polar surface area (TPSA) is 79.3 Å². The van der Waals surface area contributed by atoms with Crippen molar-refractivity contribution >= 4 is 45.0 Å². The summed E-state index contributed by atoms with van der Waals surface area (Å²) in [5.41, 5.74) is 3.28. The molecule has 0 radical (unpaired) electrons. The summed E-state index contributed by atoms with van der Waals surface area (Å²) in [5, 5.41) is 11.3. The van der Waals surface area contributed by atoms with Gasteiger partial charge >= 0.3 is 11.9 Å². The Morgan fingerprint density at radius 2 is 1.67 bits per heavy atom. The van der Waals surface area contributed by atoms with E-state index in [0.29, 0.717) is 24.4 Å². The number of carbonyl (C=O) groups is 2. The summed E-state index contributed by atoms with van der Waals surface area (Å²) in [6.45, 7) is 3.55. The van der Waals surface area contributed by atoms with Crippen LogP contribution in [0.1, 0.15) is 47.7 Å². The number of hydrogen-bond acceptors (Lipinski definition) is 8. The summed E-state index contributed by atoms with van der Waals surface area (Å²) in [7, 11) is 2.58. The molecule has 0 spiro atoms. The molecule has 1 fully saturated rings. The summed E-state index contributed by atoms with van der Waals surface area (Å²) >= 11 is 8.51. The van der Waals surface area contributed by atoms with Gasteiger partial charge in [0.1, 0.15) is 0 Å². The smallest absolute Gasteiger partial charge is 0.340 e. The van der Waals surface area contributed by atoms with E-state index in [1.165, 1.54) is 32.6 Å². The highest BCUT2D eigenvalue weighted by Crippen LogP contribution is 2.39. The molecule has 1 aromatic heterocycles. The highest BCUT2D eigenvalue weighted by atomic mass is 35.5. The number of benzene rings is 2. The van der Waals surface area contributed by atoms with E-state index in [2.05, 4.69) is 35.2 Å². The molecule has 1 saturated heterocycles. The highest BCUT2D eigenvalue weighted by Gasteiger charge is 2.29. The van der Waals surface area contributed by atoms with E-state index in [4.69, 9.17) is 21.1 Å². The summed E-state index contributed by atoms with van der Waals surface area (Å²) in [5.74, 6) is -1.29. The Kier molecular flexibility index (Phi) is 10.4. The van der Waals surface area contributed by atoms with Crippen LogP contribution in [-0.2, 0) is 32.2 Å². The lowest BCUT2D eigenvalue weighted by Crippen LogP contribution is -2.27. The van der Waals surface area contributed by atoms with Crippen LogP contribution in [0.15, 0.2) is 83.6 Å². The van der Waals surface area contributed by atoms with E-state index in [9.17, 15) is 14.7 Å². The van der Waals surface area contributed by atoms with Crippen LogP contribution in [0.2, 0.25) is 5.02 Å². The standard InChI is InChI=1S/C34H37ClN2O5S/c1-41-33(39)27-18-24(8-7-17-38)19-29(25-13-11-23(12-14-25)20-36-15-5-6-16-36)37(21-28(27)34(40)42-2)22-31-32(35)26-9-3-4-10-30(26)43-31/h3-4,9-14,18-19,21,29,38H,5-8,15-17,20,22H2,1-2H3/b24-19-,27-18+,28-21+. The molecule has 5 rings (SSSR count). The van der Waals surface area contributed by atoms with E-state index in [-0.39, 0.29) is 23.8 Å². The van der Waals surface area contributed by atoms with E-state index in [1.807, 2.05) is 29.2 Å². The number of esters is 2. The second kappa shape index (κ2) is 14.4. The molecule has 2 aliphatic rings. The zero-order valence-corrected chi connectivity index (χ0v) is 26.1. The van der Waals surface area contributed by atoms with Crippen molar-refractivity contribution in [1.29, 1.82) is 0 Å². The number of methoxy groups -OCH3 is 2. The molecule has 226 valence electrons. The van der Waals surface area contributed by atoms with Crippen LogP contribution < -0.4 is 0 Å². The van der Waals surface area contributed by atoms with Crippen LogP contribution in [0.3, 0.4) is 0 Å². The molecule has 3 aromatic rings. The van der Waals surface area contributed by atoms with Crippen molar-refractivity contribution in [2.45, 2.75) is 44.8 Å². The molecule has 43 heavy (non-hydrogen) atoms. The minimum atomic E-state index is -0.646. The average Bonchev–Trinajstić information content (AvgIpc) is 3.65. The molecule has 1 N–H and O–H groups in total. The summed E-state index contributed by atoms with van der Waals surface area (Å²) in [6, 6.07) is 16.3. The van der Waals surface area contributed by atoms with E-state index < -0.39 is 11.9 Å². The molecule has 2 aliphatic heterocycles. The first-order chi connectivity index (χ1) is 20.9. The van der Waals surface area contributed by atoms with Gasteiger partial charge in [0.05, 0.1) is 43.0 Å². The Labute approximate surface area is 261 Å². The monoisotopic (exact) mass is 620 g/mol. The predicted molar refractivity (Wildman–Crippen MR) is 171 cm³/mol. The van der Waals surface area contributed by atoms with Crippen LogP contribution in [0, 0.1) is 0 Å². The lowest BCUT2D eigenvalue weighted by atomic mass is 9.93. The SMILES string of the molecule is COC(=O)C1=C/C(CCCO)=C\C(c2ccc(CN3CCCC3)cc2)N(Cc2sc3ccccc3c2Cl)/C=C\1C(=O)OC. The van der Waals surface area contributed by atoms with Gasteiger partial charge in [0.25, 0.3) is 0 Å². The number of fused-ring (bicyclic) bond motifs is 1. The van der Waals surface area contributed by atoms with Crippen LogP contribution >= 0.6 is 22.9 Å². The predicted octanol–water partition coefficient (Wildman–Crippen LogP) is 6.56. The lowest BCUT2D eigenvalue weighted by molar-refractivity contribution is -0.139. The van der Waals surface area contributed by atoms with E-state index in [0.717, 1.165) is 45.7 Å². The quantitative estimate of drug-likeness (QED) is 0.257. The van der Waals surface area contributed by atoms with E-state index >= 15 is 0 Å². The number of aliphatic hydroxyl groups is 1. The molecule has 0 bridgehead atoms. The van der Waals surface area contributed by atoms with Crippen molar-refractivity contribution in [3.8, 4) is 0 Å². The Bertz CT molecular complexity index is 1550. The third kappa shape index (κ3) is 7.21. The molecule has 2 aromatic carbocycles. The van der Waals surface area contributed by atoms with Gasteiger partial charge in [0, 0.05) is 34.3 Å². The fourth-order valence-electron chi connectivity index (χ4n) is 5.70. The number of ether oxygens (including phenoxy) is 2. The van der Waals surface area contributed by atoms with Gasteiger partial charge in [0.2, 0.25) is 0 Å². The fraction of sp³-hybridized carbons (Fsp3) is 0.353. The van der Waals surface area contributed by atoms with Gasteiger partial charge in [-0.1, -0.05) is 60.1 Å². The van der Waals surface area contributed by atoms with E-state index in [1.54, 1.807) is 23.6 Å². The first kappa shape index (κ1) is 31.0. The normalized spacial score (nSPS) is 21.3. The number of allylic oxidation sites excluding steroid dienone is 2. The van der Waals surface area contributed by atoms with Crippen molar-refractivity contribution in [1.82, 2.24) is 9.80 Å². The van der Waals surface area contributed by atoms with Crippen LogP contribution in [0.4, 0.5) is 0 Å². The summed E-state index contributed by atoms with van der Waals surface area (Å²) in [4.78, 5) is 31.6. The van der Waals surface area contributed by atoms with Crippen LogP contribution in [0.5, 0.6) is 0 Å². The van der Waals surface area contributed by atoms with Gasteiger partial charge in [-0.2, -0.15) is 0 Å². The molecule has 1 atom stereocenters. The van der Waals surface area contributed by atoms with Gasteiger partial charge in [-0.15, -0.1) is 11.3 Å². The van der Waals surface area contributed by atoms with Crippen LogP contribution in [-0.4, -0.2) is 60.8 Å². The lowest BCUT2D eigenvalue weighted by Gasteiger charge is -2.32. The number of halogens is 1. The van der Waals surface area contributed by atoms with Gasteiger partial charge in [0.15, 0.2) is 0 Å². The van der Waals surface area contributed by atoms with Crippen molar-refractivity contribution in [3.63, 3.8) is 0 Å². The average molecular weight is 621 g/mol. The molecule has 0 amide bonds. The zero-order chi connectivity index (χ0) is 30.3. The van der Waals surface area contributed by atoms with Gasteiger partial charge in [-0.25, -0.2) is 9.59 Å². The third-order valence-corrected chi connectivity index (χ3v) is 9.63. The first-order valence-electron chi connectivity index (χ1n) is 14.6. The number of carbonyl (C=O) groups excluding carboxylic acids is 2. The minimum Gasteiger partial charge on any atom is -0.465 e. The highest BCUT2D eigenvalue weighted by molar-refractivity contribution is 7.19. The van der Waals surface area contributed by atoms with Crippen molar-refractivity contribution in [2.75, 3.05) is 33.9 Å².